The maximum atomic E-state index is 12.0. The Morgan fingerprint density at radius 1 is 1.53 bits per heavy atom. The Morgan fingerprint density at radius 2 is 2.29 bits per heavy atom. The van der Waals surface area contributed by atoms with E-state index >= 15 is 0 Å². The van der Waals surface area contributed by atoms with Gasteiger partial charge in [0.2, 0.25) is 5.91 Å². The number of nitrogens with one attached hydrogen (secondary N) is 2. The molecule has 0 aliphatic carbocycles. The van der Waals surface area contributed by atoms with Gasteiger partial charge in [-0.15, -0.1) is 0 Å². The highest BCUT2D eigenvalue weighted by atomic mass is 16.3. The number of rotatable bonds is 3. The zero-order valence-electron chi connectivity index (χ0n) is 9.94. The molecule has 1 aromatic rings. The lowest BCUT2D eigenvalue weighted by Gasteiger charge is -2.15. The molecule has 0 radical (unpaired) electrons. The minimum Gasteiger partial charge on any atom is -0.389 e. The molecule has 4 heteroatoms. The van der Waals surface area contributed by atoms with E-state index in [-0.39, 0.29) is 11.8 Å². The van der Waals surface area contributed by atoms with E-state index in [0.29, 0.717) is 5.69 Å². The summed E-state index contributed by atoms with van der Waals surface area (Å²) in [4.78, 5) is 12.0. The largest absolute Gasteiger partial charge is 0.389 e. The van der Waals surface area contributed by atoms with Gasteiger partial charge in [-0.25, -0.2) is 0 Å². The van der Waals surface area contributed by atoms with Gasteiger partial charge in [0.1, 0.15) is 0 Å². The zero-order valence-corrected chi connectivity index (χ0v) is 9.94. The van der Waals surface area contributed by atoms with E-state index in [1.165, 1.54) is 0 Å². The van der Waals surface area contributed by atoms with Gasteiger partial charge < -0.3 is 15.7 Å². The first-order valence-electron chi connectivity index (χ1n) is 5.97. The first-order valence-corrected chi connectivity index (χ1v) is 5.97. The zero-order chi connectivity index (χ0) is 12.3. The molecule has 92 valence electrons. The fourth-order valence-electron chi connectivity index (χ4n) is 2.09. The minimum absolute atomic E-state index is 0.0306. The van der Waals surface area contributed by atoms with Crippen LogP contribution in [0.15, 0.2) is 24.3 Å². The second-order valence-corrected chi connectivity index (χ2v) is 4.44. The Labute approximate surface area is 101 Å². The van der Waals surface area contributed by atoms with Crippen molar-refractivity contribution >= 4 is 11.6 Å². The number of carbonyl (C=O) groups excluding carboxylic acids is 1. The van der Waals surface area contributed by atoms with Crippen LogP contribution in [0.2, 0.25) is 0 Å². The minimum atomic E-state index is -0.576. The first-order chi connectivity index (χ1) is 8.18. The van der Waals surface area contributed by atoms with Crippen LogP contribution in [0.4, 0.5) is 5.69 Å². The van der Waals surface area contributed by atoms with E-state index in [4.69, 9.17) is 0 Å². The van der Waals surface area contributed by atoms with Crippen molar-refractivity contribution in [2.45, 2.75) is 19.4 Å². The average molecular weight is 234 g/mol. The molecule has 17 heavy (non-hydrogen) atoms. The Kier molecular flexibility index (Phi) is 3.76. The van der Waals surface area contributed by atoms with Gasteiger partial charge in [0.15, 0.2) is 0 Å². The number of hydrogen-bond donors (Lipinski definition) is 3. The number of hydrogen-bond acceptors (Lipinski definition) is 3. The molecule has 4 nitrogen and oxygen atoms in total. The van der Waals surface area contributed by atoms with Crippen molar-refractivity contribution < 1.29 is 9.90 Å². The lowest BCUT2D eigenvalue weighted by Crippen LogP contribution is -2.25. The van der Waals surface area contributed by atoms with Gasteiger partial charge in [0, 0.05) is 17.8 Å². The van der Waals surface area contributed by atoms with E-state index < -0.39 is 6.10 Å². The summed E-state index contributed by atoms with van der Waals surface area (Å²) in [5, 5.41) is 15.7. The number of para-hydroxylation sites is 1. The van der Waals surface area contributed by atoms with Crippen molar-refractivity contribution in [2.24, 2.45) is 5.92 Å². The van der Waals surface area contributed by atoms with E-state index in [2.05, 4.69) is 10.6 Å². The third-order valence-electron chi connectivity index (χ3n) is 3.10. The summed E-state index contributed by atoms with van der Waals surface area (Å²) in [5.74, 6) is 0.0696. The van der Waals surface area contributed by atoms with Gasteiger partial charge in [0.05, 0.1) is 12.0 Å². The smallest absolute Gasteiger partial charge is 0.228 e. The first kappa shape index (κ1) is 12.1. The van der Waals surface area contributed by atoms with Crippen LogP contribution >= 0.6 is 0 Å². The SMILES string of the molecule is CC(O)c1ccccc1NC(=O)C1CCNC1. The second kappa shape index (κ2) is 5.29. The molecule has 0 bridgehead atoms. The van der Waals surface area contributed by atoms with Crippen LogP contribution in [0.5, 0.6) is 0 Å². The highest BCUT2D eigenvalue weighted by molar-refractivity contribution is 5.93. The Bertz CT molecular complexity index is 398. The second-order valence-electron chi connectivity index (χ2n) is 4.44. The van der Waals surface area contributed by atoms with Crippen LogP contribution in [0, 0.1) is 5.92 Å². The molecule has 2 rings (SSSR count). The molecule has 0 saturated carbocycles. The lowest BCUT2D eigenvalue weighted by atomic mass is 10.1. The van der Waals surface area contributed by atoms with Crippen molar-refractivity contribution in [3.05, 3.63) is 29.8 Å². The fourth-order valence-corrected chi connectivity index (χ4v) is 2.09. The molecule has 1 aromatic carbocycles. The van der Waals surface area contributed by atoms with Gasteiger partial charge >= 0.3 is 0 Å². The summed E-state index contributed by atoms with van der Waals surface area (Å²) in [5.41, 5.74) is 1.46. The summed E-state index contributed by atoms with van der Waals surface area (Å²) in [6.07, 6.45) is 0.302. The summed E-state index contributed by atoms with van der Waals surface area (Å²) >= 11 is 0. The number of carbonyl (C=O) groups is 1. The van der Waals surface area contributed by atoms with E-state index in [1.807, 2.05) is 24.3 Å². The number of benzene rings is 1. The number of aliphatic hydroxyl groups excluding tert-OH is 1. The van der Waals surface area contributed by atoms with Crippen molar-refractivity contribution in [3.63, 3.8) is 0 Å². The van der Waals surface area contributed by atoms with Gasteiger partial charge in [-0.2, -0.15) is 0 Å². The molecule has 3 N–H and O–H groups in total. The monoisotopic (exact) mass is 234 g/mol. The van der Waals surface area contributed by atoms with E-state index in [0.717, 1.165) is 25.1 Å². The molecule has 1 aliphatic rings. The highest BCUT2D eigenvalue weighted by Gasteiger charge is 2.23. The van der Waals surface area contributed by atoms with Gasteiger partial charge in [0.25, 0.3) is 0 Å². The third-order valence-corrected chi connectivity index (χ3v) is 3.10. The Balaban J connectivity index is 2.09. The Hall–Kier alpha value is -1.39. The molecular weight excluding hydrogens is 216 g/mol. The summed E-state index contributed by atoms with van der Waals surface area (Å²) in [6, 6.07) is 7.36. The quantitative estimate of drug-likeness (QED) is 0.738. The van der Waals surface area contributed by atoms with Crippen LogP contribution in [0.3, 0.4) is 0 Å². The van der Waals surface area contributed by atoms with Crippen LogP contribution in [0.25, 0.3) is 0 Å². The molecule has 0 spiro atoms. The van der Waals surface area contributed by atoms with Crippen molar-refractivity contribution in [2.75, 3.05) is 18.4 Å². The predicted octanol–water partition coefficient (Wildman–Crippen LogP) is 1.29. The van der Waals surface area contributed by atoms with Crippen LogP contribution in [-0.2, 0) is 4.79 Å². The molecule has 2 unspecified atom stereocenters. The van der Waals surface area contributed by atoms with Crippen LogP contribution in [-0.4, -0.2) is 24.1 Å². The third kappa shape index (κ3) is 2.84. The topological polar surface area (TPSA) is 61.4 Å². The van der Waals surface area contributed by atoms with Crippen LogP contribution in [0.1, 0.15) is 25.0 Å². The van der Waals surface area contributed by atoms with Gasteiger partial charge in [-0.05, 0) is 26.0 Å². The number of aliphatic hydroxyl groups is 1. The maximum Gasteiger partial charge on any atom is 0.228 e. The molecule has 1 fully saturated rings. The summed E-state index contributed by atoms with van der Waals surface area (Å²) in [6.45, 7) is 3.33. The van der Waals surface area contributed by atoms with Gasteiger partial charge in [-0.1, -0.05) is 18.2 Å². The fraction of sp³-hybridized carbons (Fsp3) is 0.462. The molecule has 1 aliphatic heterocycles. The van der Waals surface area contributed by atoms with Crippen molar-refractivity contribution in [1.82, 2.24) is 5.32 Å². The average Bonchev–Trinajstić information content (AvgIpc) is 2.83. The Morgan fingerprint density at radius 3 is 2.94 bits per heavy atom. The van der Waals surface area contributed by atoms with Crippen molar-refractivity contribution in [1.29, 1.82) is 0 Å². The maximum absolute atomic E-state index is 12.0. The lowest BCUT2D eigenvalue weighted by molar-refractivity contribution is -0.119. The van der Waals surface area contributed by atoms with E-state index in [9.17, 15) is 9.90 Å². The molecule has 1 amide bonds. The van der Waals surface area contributed by atoms with E-state index in [1.54, 1.807) is 6.92 Å². The summed E-state index contributed by atoms with van der Waals surface area (Å²) in [7, 11) is 0. The van der Waals surface area contributed by atoms with Crippen molar-refractivity contribution in [3.8, 4) is 0 Å². The molecule has 1 heterocycles. The molecule has 1 saturated heterocycles. The summed E-state index contributed by atoms with van der Waals surface area (Å²) < 4.78 is 0. The number of amides is 1. The number of anilines is 1. The van der Waals surface area contributed by atoms with Crippen LogP contribution < -0.4 is 10.6 Å². The normalized spacial score (nSPS) is 21.2. The highest BCUT2D eigenvalue weighted by Crippen LogP contribution is 2.23. The van der Waals surface area contributed by atoms with Gasteiger partial charge in [-0.3, -0.25) is 4.79 Å². The molecular formula is C13H18N2O2. The predicted molar refractivity (Wildman–Crippen MR) is 66.7 cm³/mol. The standard InChI is InChI=1S/C13H18N2O2/c1-9(16)11-4-2-3-5-12(11)15-13(17)10-6-7-14-8-10/h2-5,9-10,14,16H,6-8H2,1H3,(H,15,17). The molecule has 2 atom stereocenters. The molecule has 0 aromatic heterocycles.